The van der Waals surface area contributed by atoms with E-state index in [1.807, 2.05) is 0 Å². The normalized spacial score (nSPS) is 38.2. The van der Waals surface area contributed by atoms with Crippen molar-refractivity contribution in [3.63, 3.8) is 0 Å². The van der Waals surface area contributed by atoms with E-state index in [2.05, 4.69) is 4.90 Å². The smallest absolute Gasteiger partial charge is 0.0113 e. The van der Waals surface area contributed by atoms with Gasteiger partial charge >= 0.3 is 0 Å². The van der Waals surface area contributed by atoms with Crippen molar-refractivity contribution in [3.05, 3.63) is 0 Å². The molecule has 0 amide bonds. The molecule has 2 nitrogen and oxygen atoms in total. The van der Waals surface area contributed by atoms with Gasteiger partial charge in [-0.3, -0.25) is 4.90 Å². The van der Waals surface area contributed by atoms with Crippen molar-refractivity contribution in [2.75, 3.05) is 6.54 Å². The van der Waals surface area contributed by atoms with Crippen LogP contribution in [0.1, 0.15) is 70.6 Å². The Morgan fingerprint density at radius 1 is 0.889 bits per heavy atom. The second-order valence-corrected chi connectivity index (χ2v) is 7.00. The SMILES string of the molecule is NC1CC2CCCC(C1)N2CCCC1CCCC1. The van der Waals surface area contributed by atoms with Crippen molar-refractivity contribution >= 4 is 0 Å². The Bertz CT molecular complexity index is 246. The maximum absolute atomic E-state index is 6.19. The van der Waals surface area contributed by atoms with Gasteiger partial charge in [0.2, 0.25) is 0 Å². The molecule has 2 N–H and O–H groups in total. The summed E-state index contributed by atoms with van der Waals surface area (Å²) in [7, 11) is 0. The minimum Gasteiger partial charge on any atom is -0.328 e. The zero-order valence-electron chi connectivity index (χ0n) is 11.8. The van der Waals surface area contributed by atoms with Gasteiger partial charge in [0.1, 0.15) is 0 Å². The van der Waals surface area contributed by atoms with Crippen molar-refractivity contribution in [2.24, 2.45) is 11.7 Å². The fourth-order valence-electron chi connectivity index (χ4n) is 4.75. The molecule has 2 saturated heterocycles. The predicted molar refractivity (Wildman–Crippen MR) is 76.5 cm³/mol. The van der Waals surface area contributed by atoms with Crippen molar-refractivity contribution in [2.45, 2.75) is 88.8 Å². The lowest BCUT2D eigenvalue weighted by Gasteiger charge is -2.48. The van der Waals surface area contributed by atoms with Crippen molar-refractivity contribution in [3.8, 4) is 0 Å². The van der Waals surface area contributed by atoms with Crippen LogP contribution in [0.4, 0.5) is 0 Å². The Kier molecular flexibility index (Phi) is 4.25. The fourth-order valence-corrected chi connectivity index (χ4v) is 4.75. The summed E-state index contributed by atoms with van der Waals surface area (Å²) in [6, 6.07) is 2.15. The van der Waals surface area contributed by atoms with Gasteiger partial charge in [-0.2, -0.15) is 0 Å². The molecular formula is C16H30N2. The van der Waals surface area contributed by atoms with E-state index in [1.165, 1.54) is 77.2 Å². The van der Waals surface area contributed by atoms with Gasteiger partial charge in [0.15, 0.2) is 0 Å². The van der Waals surface area contributed by atoms with Crippen LogP contribution in [0.15, 0.2) is 0 Å². The van der Waals surface area contributed by atoms with E-state index in [0.717, 1.165) is 18.0 Å². The molecule has 2 aliphatic heterocycles. The molecule has 18 heavy (non-hydrogen) atoms. The lowest BCUT2D eigenvalue weighted by Crippen LogP contribution is -2.55. The molecule has 2 heteroatoms. The second kappa shape index (κ2) is 5.92. The quantitative estimate of drug-likeness (QED) is 0.829. The van der Waals surface area contributed by atoms with Crippen molar-refractivity contribution in [1.29, 1.82) is 0 Å². The minimum atomic E-state index is 0.492. The molecule has 2 unspecified atom stereocenters. The third kappa shape index (κ3) is 2.91. The Labute approximate surface area is 112 Å². The first kappa shape index (κ1) is 12.9. The molecule has 0 radical (unpaired) electrons. The van der Waals surface area contributed by atoms with Gasteiger partial charge in [-0.1, -0.05) is 32.1 Å². The minimum absolute atomic E-state index is 0.492. The van der Waals surface area contributed by atoms with E-state index in [-0.39, 0.29) is 0 Å². The van der Waals surface area contributed by atoms with E-state index < -0.39 is 0 Å². The first-order valence-electron chi connectivity index (χ1n) is 8.34. The van der Waals surface area contributed by atoms with Gasteiger partial charge in [0, 0.05) is 18.1 Å². The average molecular weight is 250 g/mol. The number of piperidine rings is 2. The van der Waals surface area contributed by atoms with Gasteiger partial charge in [0.05, 0.1) is 0 Å². The van der Waals surface area contributed by atoms with E-state index in [1.54, 1.807) is 0 Å². The molecule has 2 heterocycles. The Balaban J connectivity index is 1.46. The molecule has 0 aromatic heterocycles. The molecule has 0 aromatic carbocycles. The average Bonchev–Trinajstić information content (AvgIpc) is 2.83. The van der Waals surface area contributed by atoms with Gasteiger partial charge in [-0.05, 0) is 51.0 Å². The summed E-state index contributed by atoms with van der Waals surface area (Å²) in [5, 5.41) is 0. The van der Waals surface area contributed by atoms with Gasteiger partial charge in [0.25, 0.3) is 0 Å². The molecule has 0 spiro atoms. The maximum Gasteiger partial charge on any atom is 0.0113 e. The van der Waals surface area contributed by atoms with Crippen LogP contribution in [0.25, 0.3) is 0 Å². The summed E-state index contributed by atoms with van der Waals surface area (Å²) in [5.74, 6) is 1.07. The summed E-state index contributed by atoms with van der Waals surface area (Å²) in [6.45, 7) is 1.36. The molecule has 2 atom stereocenters. The first-order valence-corrected chi connectivity index (χ1v) is 8.34. The third-order valence-electron chi connectivity index (χ3n) is 5.67. The molecule has 3 rings (SSSR count). The molecule has 3 aliphatic rings. The van der Waals surface area contributed by atoms with E-state index >= 15 is 0 Å². The molecule has 1 aliphatic carbocycles. The Morgan fingerprint density at radius 3 is 2.22 bits per heavy atom. The third-order valence-corrected chi connectivity index (χ3v) is 5.67. The summed E-state index contributed by atoms with van der Waals surface area (Å²) in [6.07, 6.45) is 15.7. The van der Waals surface area contributed by atoms with Crippen molar-refractivity contribution in [1.82, 2.24) is 4.90 Å². The van der Waals surface area contributed by atoms with E-state index in [9.17, 15) is 0 Å². The monoisotopic (exact) mass is 250 g/mol. The number of nitrogens with two attached hydrogens (primary N) is 1. The van der Waals surface area contributed by atoms with Crippen LogP contribution in [0.3, 0.4) is 0 Å². The van der Waals surface area contributed by atoms with Gasteiger partial charge < -0.3 is 5.73 Å². The van der Waals surface area contributed by atoms with Gasteiger partial charge in [-0.15, -0.1) is 0 Å². The van der Waals surface area contributed by atoms with Crippen LogP contribution < -0.4 is 5.73 Å². The summed E-state index contributed by atoms with van der Waals surface area (Å²) < 4.78 is 0. The van der Waals surface area contributed by atoms with Crippen LogP contribution >= 0.6 is 0 Å². The van der Waals surface area contributed by atoms with Crippen LogP contribution in [0, 0.1) is 5.92 Å². The fraction of sp³-hybridized carbons (Fsp3) is 1.00. The predicted octanol–water partition coefficient (Wildman–Crippen LogP) is 3.30. The molecular weight excluding hydrogens is 220 g/mol. The van der Waals surface area contributed by atoms with Gasteiger partial charge in [-0.25, -0.2) is 0 Å². The molecule has 3 fully saturated rings. The zero-order chi connectivity index (χ0) is 12.4. The standard InChI is InChI=1S/C16H30N2/c17-14-11-15-8-3-9-16(12-14)18(15)10-4-7-13-5-1-2-6-13/h13-16H,1-12,17H2. The summed E-state index contributed by atoms with van der Waals surface area (Å²) in [4.78, 5) is 2.84. The Morgan fingerprint density at radius 2 is 1.56 bits per heavy atom. The summed E-state index contributed by atoms with van der Waals surface area (Å²) >= 11 is 0. The number of hydrogen-bond donors (Lipinski definition) is 1. The highest BCUT2D eigenvalue weighted by molar-refractivity contribution is 4.93. The van der Waals surface area contributed by atoms with Crippen LogP contribution in [-0.2, 0) is 0 Å². The number of rotatable bonds is 4. The summed E-state index contributed by atoms with van der Waals surface area (Å²) in [5.41, 5.74) is 6.19. The van der Waals surface area contributed by atoms with Crippen LogP contribution in [0.2, 0.25) is 0 Å². The van der Waals surface area contributed by atoms with Crippen LogP contribution in [-0.4, -0.2) is 29.6 Å². The molecule has 1 saturated carbocycles. The highest BCUT2D eigenvalue weighted by Crippen LogP contribution is 2.34. The lowest BCUT2D eigenvalue weighted by atomic mass is 9.82. The highest BCUT2D eigenvalue weighted by Gasteiger charge is 2.36. The van der Waals surface area contributed by atoms with E-state index in [4.69, 9.17) is 5.73 Å². The number of hydrogen-bond acceptors (Lipinski definition) is 2. The zero-order valence-corrected chi connectivity index (χ0v) is 11.8. The highest BCUT2D eigenvalue weighted by atomic mass is 15.2. The van der Waals surface area contributed by atoms with E-state index in [0.29, 0.717) is 6.04 Å². The largest absolute Gasteiger partial charge is 0.328 e. The molecule has 2 bridgehead atoms. The van der Waals surface area contributed by atoms with Crippen molar-refractivity contribution < 1.29 is 0 Å². The number of nitrogens with zero attached hydrogens (tertiary/aromatic N) is 1. The van der Waals surface area contributed by atoms with Crippen LogP contribution in [0.5, 0.6) is 0 Å². The lowest BCUT2D eigenvalue weighted by molar-refractivity contribution is 0.0294. The molecule has 104 valence electrons. The maximum atomic E-state index is 6.19. The first-order chi connectivity index (χ1) is 8.83. The number of fused-ring (bicyclic) bond motifs is 2. The Hall–Kier alpha value is -0.0800. The molecule has 0 aromatic rings. The second-order valence-electron chi connectivity index (χ2n) is 7.00. The topological polar surface area (TPSA) is 29.3 Å².